The maximum absolute atomic E-state index is 12.5. The van der Waals surface area contributed by atoms with Crippen LogP contribution < -0.4 is 14.8 Å². The molecule has 1 aromatic rings. The quantitative estimate of drug-likeness (QED) is 0.831. The lowest BCUT2D eigenvalue weighted by Crippen LogP contribution is -2.46. The van der Waals surface area contributed by atoms with Crippen molar-refractivity contribution in [2.24, 2.45) is 0 Å². The third-order valence-electron chi connectivity index (χ3n) is 3.44. The van der Waals surface area contributed by atoms with Gasteiger partial charge in [-0.05, 0) is 32.4 Å². The van der Waals surface area contributed by atoms with Gasteiger partial charge in [0.25, 0.3) is 0 Å². The Morgan fingerprint density at radius 2 is 2.00 bits per heavy atom. The first-order valence-corrected chi connectivity index (χ1v) is 8.86. The number of benzene rings is 1. The Morgan fingerprint density at radius 1 is 1.32 bits per heavy atom. The van der Waals surface area contributed by atoms with Crippen LogP contribution in [0.2, 0.25) is 10.0 Å². The fourth-order valence-electron chi connectivity index (χ4n) is 2.39. The molecule has 1 aromatic carbocycles. The predicted molar refractivity (Wildman–Crippen MR) is 91.1 cm³/mol. The molecule has 0 radical (unpaired) electrons. The normalized spacial score (nSPS) is 22.0. The van der Waals surface area contributed by atoms with Crippen molar-refractivity contribution >= 4 is 45.6 Å². The Kier molecular flexibility index (Phi) is 7.23. The van der Waals surface area contributed by atoms with Crippen LogP contribution in [0.4, 0.5) is 0 Å². The molecule has 1 fully saturated rings. The van der Waals surface area contributed by atoms with Crippen LogP contribution in [-0.4, -0.2) is 34.2 Å². The van der Waals surface area contributed by atoms with Crippen LogP contribution in [0.3, 0.4) is 0 Å². The second kappa shape index (κ2) is 8.04. The molecule has 2 N–H and O–H groups in total. The molecule has 1 aliphatic heterocycles. The zero-order chi connectivity index (χ0) is 15.6. The summed E-state index contributed by atoms with van der Waals surface area (Å²) in [5.74, 6) is 0.344. The second-order valence-corrected chi connectivity index (χ2v) is 7.61. The number of sulfonamides is 1. The predicted octanol–water partition coefficient (Wildman–Crippen LogP) is 2.84. The fraction of sp³-hybridized carbons (Fsp3) is 0.538. The molecule has 1 heterocycles. The number of methoxy groups -OCH3 is 1. The Balaban J connectivity index is 0.00000242. The van der Waals surface area contributed by atoms with Crippen molar-refractivity contribution in [1.29, 1.82) is 0 Å². The molecular formula is C13H19Cl3N2O3S. The lowest BCUT2D eigenvalue weighted by atomic mass is 10.0. The van der Waals surface area contributed by atoms with Crippen LogP contribution in [-0.2, 0) is 10.0 Å². The van der Waals surface area contributed by atoms with E-state index < -0.39 is 10.0 Å². The molecule has 2 rings (SSSR count). The van der Waals surface area contributed by atoms with E-state index in [2.05, 4.69) is 10.0 Å². The minimum absolute atomic E-state index is 0. The van der Waals surface area contributed by atoms with Crippen molar-refractivity contribution in [2.45, 2.75) is 36.7 Å². The molecule has 1 aliphatic rings. The second-order valence-electron chi connectivity index (χ2n) is 5.11. The average Bonchev–Trinajstić information content (AvgIpc) is 2.40. The lowest BCUT2D eigenvalue weighted by molar-refractivity contribution is 0.361. The highest BCUT2D eigenvalue weighted by Crippen LogP contribution is 2.33. The van der Waals surface area contributed by atoms with E-state index in [0.717, 1.165) is 19.4 Å². The van der Waals surface area contributed by atoms with Crippen LogP contribution in [0.15, 0.2) is 17.0 Å². The summed E-state index contributed by atoms with van der Waals surface area (Å²) in [5.41, 5.74) is 0. The van der Waals surface area contributed by atoms with Crippen LogP contribution in [0.5, 0.6) is 5.75 Å². The van der Waals surface area contributed by atoms with Crippen molar-refractivity contribution in [1.82, 2.24) is 10.0 Å². The van der Waals surface area contributed by atoms with E-state index in [1.54, 1.807) is 0 Å². The molecule has 9 heteroatoms. The molecule has 1 saturated heterocycles. The van der Waals surface area contributed by atoms with Gasteiger partial charge < -0.3 is 10.1 Å². The molecule has 0 spiro atoms. The Morgan fingerprint density at radius 3 is 2.59 bits per heavy atom. The summed E-state index contributed by atoms with van der Waals surface area (Å²) in [6.45, 7) is 2.81. The largest absolute Gasteiger partial charge is 0.495 e. The third-order valence-corrected chi connectivity index (χ3v) is 5.72. The summed E-state index contributed by atoms with van der Waals surface area (Å²) in [4.78, 5) is -0.0267. The van der Waals surface area contributed by atoms with E-state index >= 15 is 0 Å². The molecular weight excluding hydrogens is 371 g/mol. The number of rotatable bonds is 4. The maximum Gasteiger partial charge on any atom is 0.242 e. The molecule has 126 valence electrons. The van der Waals surface area contributed by atoms with Crippen molar-refractivity contribution in [3.8, 4) is 5.75 Å². The summed E-state index contributed by atoms with van der Waals surface area (Å²) in [6, 6.07) is 2.89. The molecule has 0 amide bonds. The van der Waals surface area contributed by atoms with E-state index in [-0.39, 0.29) is 39.4 Å². The molecule has 0 saturated carbocycles. The Bertz CT molecular complexity index is 625. The molecule has 2 unspecified atom stereocenters. The van der Waals surface area contributed by atoms with Crippen molar-refractivity contribution in [2.75, 3.05) is 13.7 Å². The summed E-state index contributed by atoms with van der Waals surface area (Å²) in [6.07, 6.45) is 1.48. The van der Waals surface area contributed by atoms with Gasteiger partial charge in [-0.3, -0.25) is 0 Å². The highest BCUT2D eigenvalue weighted by Gasteiger charge is 2.26. The number of hydrogen-bond acceptors (Lipinski definition) is 4. The van der Waals surface area contributed by atoms with Gasteiger partial charge in [0.15, 0.2) is 0 Å². The number of nitrogens with one attached hydrogen (secondary N) is 2. The summed E-state index contributed by atoms with van der Waals surface area (Å²) in [7, 11) is -2.27. The van der Waals surface area contributed by atoms with Gasteiger partial charge >= 0.3 is 0 Å². The Labute approximate surface area is 147 Å². The van der Waals surface area contributed by atoms with Gasteiger partial charge in [-0.25, -0.2) is 13.1 Å². The van der Waals surface area contributed by atoms with E-state index in [1.807, 2.05) is 6.92 Å². The van der Waals surface area contributed by atoms with Crippen molar-refractivity contribution in [3.63, 3.8) is 0 Å². The van der Waals surface area contributed by atoms with Crippen LogP contribution in [0.1, 0.15) is 19.8 Å². The first-order valence-electron chi connectivity index (χ1n) is 6.62. The first-order chi connectivity index (χ1) is 9.83. The smallest absolute Gasteiger partial charge is 0.242 e. The molecule has 22 heavy (non-hydrogen) atoms. The van der Waals surface area contributed by atoms with Gasteiger partial charge in [0.1, 0.15) is 10.6 Å². The fourth-order valence-corrected chi connectivity index (χ4v) is 4.53. The first kappa shape index (κ1) is 19.8. The minimum atomic E-state index is -3.71. The molecule has 0 aliphatic carbocycles. The lowest BCUT2D eigenvalue weighted by Gasteiger charge is -2.28. The topological polar surface area (TPSA) is 67.4 Å². The zero-order valence-corrected chi connectivity index (χ0v) is 15.4. The summed E-state index contributed by atoms with van der Waals surface area (Å²) >= 11 is 12.0. The van der Waals surface area contributed by atoms with Gasteiger partial charge in [0, 0.05) is 18.2 Å². The SMILES string of the molecule is COc1cc(Cl)c(S(=O)(=O)NC2CCNC(C)C2)cc1Cl.Cl. The Hall–Kier alpha value is -0.240. The maximum atomic E-state index is 12.5. The molecule has 0 bridgehead atoms. The van der Waals surface area contributed by atoms with Crippen molar-refractivity contribution < 1.29 is 13.2 Å². The van der Waals surface area contributed by atoms with Crippen molar-refractivity contribution in [3.05, 3.63) is 22.2 Å². The van der Waals surface area contributed by atoms with E-state index in [0.29, 0.717) is 5.75 Å². The summed E-state index contributed by atoms with van der Waals surface area (Å²) < 4.78 is 32.6. The minimum Gasteiger partial charge on any atom is -0.495 e. The number of ether oxygens (including phenoxy) is 1. The average molecular weight is 390 g/mol. The molecule has 2 atom stereocenters. The van der Waals surface area contributed by atoms with Gasteiger partial charge in [-0.2, -0.15) is 0 Å². The standard InChI is InChI=1S/C13H18Cl2N2O3S.ClH/c1-8-5-9(3-4-16-8)17-21(18,19)13-7-10(14)12(20-2)6-11(13)15;/h6-9,16-17H,3-5H2,1-2H3;1H. The van der Waals surface area contributed by atoms with Gasteiger partial charge in [0.2, 0.25) is 10.0 Å². The zero-order valence-electron chi connectivity index (χ0n) is 12.2. The van der Waals surface area contributed by atoms with Gasteiger partial charge in [-0.1, -0.05) is 23.2 Å². The number of hydrogen-bond donors (Lipinski definition) is 2. The van der Waals surface area contributed by atoms with Crippen LogP contribution in [0.25, 0.3) is 0 Å². The molecule has 5 nitrogen and oxygen atoms in total. The van der Waals surface area contributed by atoms with Gasteiger partial charge in [-0.15, -0.1) is 12.4 Å². The highest BCUT2D eigenvalue weighted by atomic mass is 35.5. The third kappa shape index (κ3) is 4.63. The van der Waals surface area contributed by atoms with E-state index in [9.17, 15) is 8.42 Å². The van der Waals surface area contributed by atoms with Gasteiger partial charge in [0.05, 0.1) is 17.2 Å². The highest BCUT2D eigenvalue weighted by molar-refractivity contribution is 7.89. The summed E-state index contributed by atoms with van der Waals surface area (Å²) in [5, 5.41) is 3.57. The van der Waals surface area contributed by atoms with E-state index in [1.165, 1.54) is 19.2 Å². The van der Waals surface area contributed by atoms with Crippen LogP contribution >= 0.6 is 35.6 Å². The van der Waals surface area contributed by atoms with E-state index in [4.69, 9.17) is 27.9 Å². The number of halogens is 3. The number of piperidine rings is 1. The monoisotopic (exact) mass is 388 g/mol. The van der Waals surface area contributed by atoms with Crippen LogP contribution in [0, 0.1) is 0 Å². The molecule has 0 aromatic heterocycles.